The van der Waals surface area contributed by atoms with Crippen LogP contribution in [0, 0.1) is 11.7 Å². The Kier molecular flexibility index (Phi) is 5.07. The lowest BCUT2D eigenvalue weighted by Crippen LogP contribution is -2.38. The summed E-state index contributed by atoms with van der Waals surface area (Å²) < 4.78 is 13.9. The van der Waals surface area contributed by atoms with E-state index in [-0.39, 0.29) is 17.4 Å². The summed E-state index contributed by atoms with van der Waals surface area (Å²) in [5.74, 6) is -0.615. The molecule has 0 aliphatic rings. The van der Waals surface area contributed by atoms with Gasteiger partial charge in [-0.3, -0.25) is 4.79 Å². The SMILES string of the molecule is CCC(NC(=O)c1ccnc(NC)c1F)C(C)C. The van der Waals surface area contributed by atoms with E-state index < -0.39 is 11.7 Å². The number of nitrogens with zero attached hydrogens (tertiary/aromatic N) is 1. The molecule has 0 aromatic carbocycles. The minimum Gasteiger partial charge on any atom is -0.371 e. The summed E-state index contributed by atoms with van der Waals surface area (Å²) in [4.78, 5) is 15.8. The van der Waals surface area contributed by atoms with Crippen LogP contribution in [0.25, 0.3) is 0 Å². The van der Waals surface area contributed by atoms with Gasteiger partial charge < -0.3 is 10.6 Å². The van der Waals surface area contributed by atoms with Crippen LogP contribution in [0.15, 0.2) is 12.3 Å². The Morgan fingerprint density at radius 1 is 1.50 bits per heavy atom. The first kappa shape index (κ1) is 14.4. The molecule has 5 heteroatoms. The average Bonchev–Trinajstić information content (AvgIpc) is 2.35. The van der Waals surface area contributed by atoms with Gasteiger partial charge in [0.05, 0.1) is 5.56 Å². The Hall–Kier alpha value is -1.65. The molecule has 1 atom stereocenters. The number of rotatable bonds is 5. The summed E-state index contributed by atoms with van der Waals surface area (Å²) >= 11 is 0. The van der Waals surface area contributed by atoms with E-state index in [0.717, 1.165) is 6.42 Å². The summed E-state index contributed by atoms with van der Waals surface area (Å²) in [7, 11) is 1.57. The van der Waals surface area contributed by atoms with Crippen molar-refractivity contribution in [1.82, 2.24) is 10.3 Å². The van der Waals surface area contributed by atoms with E-state index >= 15 is 0 Å². The Morgan fingerprint density at radius 2 is 2.17 bits per heavy atom. The largest absolute Gasteiger partial charge is 0.371 e. The van der Waals surface area contributed by atoms with Crippen molar-refractivity contribution in [3.8, 4) is 0 Å². The first-order chi connectivity index (χ1) is 8.51. The molecular formula is C13H20FN3O. The highest BCUT2D eigenvalue weighted by atomic mass is 19.1. The second-order valence-electron chi connectivity index (χ2n) is 4.50. The minimum absolute atomic E-state index is 0.0217. The summed E-state index contributed by atoms with van der Waals surface area (Å²) in [5, 5.41) is 5.45. The highest BCUT2D eigenvalue weighted by Gasteiger charge is 2.19. The fraction of sp³-hybridized carbons (Fsp3) is 0.538. The van der Waals surface area contributed by atoms with Gasteiger partial charge in [-0.25, -0.2) is 9.37 Å². The van der Waals surface area contributed by atoms with Gasteiger partial charge in [0, 0.05) is 19.3 Å². The monoisotopic (exact) mass is 253 g/mol. The van der Waals surface area contributed by atoms with Crippen LogP contribution in [0.3, 0.4) is 0 Å². The van der Waals surface area contributed by atoms with Gasteiger partial charge in [0.2, 0.25) is 0 Å². The second kappa shape index (κ2) is 6.33. The van der Waals surface area contributed by atoms with Gasteiger partial charge in [-0.05, 0) is 18.4 Å². The lowest BCUT2D eigenvalue weighted by molar-refractivity contribution is 0.0920. The quantitative estimate of drug-likeness (QED) is 0.847. The third kappa shape index (κ3) is 3.18. The van der Waals surface area contributed by atoms with Crippen LogP contribution in [-0.4, -0.2) is 24.0 Å². The Morgan fingerprint density at radius 3 is 2.67 bits per heavy atom. The number of amides is 1. The third-order valence-electron chi connectivity index (χ3n) is 2.93. The molecule has 1 aromatic rings. The average molecular weight is 253 g/mol. The highest BCUT2D eigenvalue weighted by Crippen LogP contribution is 2.15. The van der Waals surface area contributed by atoms with E-state index in [2.05, 4.69) is 15.6 Å². The zero-order chi connectivity index (χ0) is 13.7. The fourth-order valence-electron chi connectivity index (χ4n) is 1.78. The van der Waals surface area contributed by atoms with Crippen molar-refractivity contribution in [2.75, 3.05) is 12.4 Å². The first-order valence-corrected chi connectivity index (χ1v) is 6.14. The highest BCUT2D eigenvalue weighted by molar-refractivity contribution is 5.95. The van der Waals surface area contributed by atoms with Crippen LogP contribution in [-0.2, 0) is 0 Å². The number of aromatic nitrogens is 1. The van der Waals surface area contributed by atoms with Gasteiger partial charge in [0.15, 0.2) is 11.6 Å². The van der Waals surface area contributed by atoms with Crippen molar-refractivity contribution in [3.63, 3.8) is 0 Å². The Balaban J connectivity index is 2.91. The van der Waals surface area contributed by atoms with Gasteiger partial charge >= 0.3 is 0 Å². The smallest absolute Gasteiger partial charge is 0.254 e. The molecule has 1 amide bonds. The van der Waals surface area contributed by atoms with Crippen molar-refractivity contribution < 1.29 is 9.18 Å². The molecule has 0 radical (unpaired) electrons. The van der Waals surface area contributed by atoms with Gasteiger partial charge in [-0.2, -0.15) is 0 Å². The van der Waals surface area contributed by atoms with Crippen molar-refractivity contribution in [2.45, 2.75) is 33.2 Å². The molecule has 4 nitrogen and oxygen atoms in total. The van der Waals surface area contributed by atoms with Crippen molar-refractivity contribution in [3.05, 3.63) is 23.6 Å². The number of carbonyl (C=O) groups is 1. The minimum atomic E-state index is -0.615. The molecule has 0 fully saturated rings. The van der Waals surface area contributed by atoms with E-state index in [1.165, 1.54) is 12.3 Å². The molecule has 0 bridgehead atoms. The molecular weight excluding hydrogens is 233 g/mol. The standard InChI is InChI=1S/C13H20FN3O/c1-5-10(8(2)3)17-13(18)9-6-7-16-12(15-4)11(9)14/h6-8,10H,5H2,1-4H3,(H,15,16)(H,17,18). The molecule has 2 N–H and O–H groups in total. The first-order valence-electron chi connectivity index (χ1n) is 6.14. The zero-order valence-corrected chi connectivity index (χ0v) is 11.2. The molecule has 1 unspecified atom stereocenters. The molecule has 1 rings (SSSR count). The fourth-order valence-corrected chi connectivity index (χ4v) is 1.78. The number of nitrogens with one attached hydrogen (secondary N) is 2. The van der Waals surface area contributed by atoms with E-state index in [0.29, 0.717) is 5.92 Å². The van der Waals surface area contributed by atoms with Gasteiger partial charge in [-0.15, -0.1) is 0 Å². The zero-order valence-electron chi connectivity index (χ0n) is 11.2. The number of hydrogen-bond acceptors (Lipinski definition) is 3. The number of anilines is 1. The number of hydrogen-bond donors (Lipinski definition) is 2. The lowest BCUT2D eigenvalue weighted by atomic mass is 10.0. The predicted molar refractivity (Wildman–Crippen MR) is 70.1 cm³/mol. The normalized spacial score (nSPS) is 12.3. The third-order valence-corrected chi connectivity index (χ3v) is 2.93. The van der Waals surface area contributed by atoms with Gasteiger partial charge in [-0.1, -0.05) is 20.8 Å². The van der Waals surface area contributed by atoms with E-state index in [1.807, 2.05) is 20.8 Å². The molecule has 0 spiro atoms. The summed E-state index contributed by atoms with van der Waals surface area (Å²) in [6, 6.07) is 1.43. The molecule has 100 valence electrons. The lowest BCUT2D eigenvalue weighted by Gasteiger charge is -2.21. The number of pyridine rings is 1. The summed E-state index contributed by atoms with van der Waals surface area (Å²) in [6.07, 6.45) is 2.23. The molecule has 1 heterocycles. The molecule has 0 aliphatic heterocycles. The summed E-state index contributed by atoms with van der Waals surface area (Å²) in [5.41, 5.74) is 0.0217. The molecule has 18 heavy (non-hydrogen) atoms. The van der Waals surface area contributed by atoms with Crippen molar-refractivity contribution in [1.29, 1.82) is 0 Å². The Labute approximate surface area is 107 Å². The van der Waals surface area contributed by atoms with Crippen molar-refractivity contribution >= 4 is 11.7 Å². The van der Waals surface area contributed by atoms with Crippen LogP contribution in [0.5, 0.6) is 0 Å². The van der Waals surface area contributed by atoms with Crippen LogP contribution >= 0.6 is 0 Å². The topological polar surface area (TPSA) is 54.0 Å². The van der Waals surface area contributed by atoms with Gasteiger partial charge in [0.1, 0.15) is 0 Å². The maximum Gasteiger partial charge on any atom is 0.254 e. The van der Waals surface area contributed by atoms with E-state index in [4.69, 9.17) is 0 Å². The van der Waals surface area contributed by atoms with Crippen LogP contribution in [0.4, 0.5) is 10.2 Å². The second-order valence-corrected chi connectivity index (χ2v) is 4.50. The van der Waals surface area contributed by atoms with Crippen LogP contribution < -0.4 is 10.6 Å². The number of carbonyl (C=O) groups excluding carboxylic acids is 1. The summed E-state index contributed by atoms with van der Waals surface area (Å²) in [6.45, 7) is 6.04. The maximum atomic E-state index is 13.9. The predicted octanol–water partition coefficient (Wildman–Crippen LogP) is 2.43. The van der Waals surface area contributed by atoms with E-state index in [1.54, 1.807) is 7.05 Å². The molecule has 0 aliphatic carbocycles. The van der Waals surface area contributed by atoms with E-state index in [9.17, 15) is 9.18 Å². The Bertz CT molecular complexity index is 421. The van der Waals surface area contributed by atoms with Crippen LogP contribution in [0.2, 0.25) is 0 Å². The van der Waals surface area contributed by atoms with Crippen LogP contribution in [0.1, 0.15) is 37.6 Å². The van der Waals surface area contributed by atoms with Crippen molar-refractivity contribution in [2.24, 2.45) is 5.92 Å². The van der Waals surface area contributed by atoms with Gasteiger partial charge in [0.25, 0.3) is 5.91 Å². The number of halogens is 1. The molecule has 0 saturated carbocycles. The molecule has 1 aromatic heterocycles. The molecule has 0 saturated heterocycles. The maximum absolute atomic E-state index is 13.9.